The fourth-order valence-corrected chi connectivity index (χ4v) is 2.28. The molecule has 0 aliphatic carbocycles. The van der Waals surface area contributed by atoms with Gasteiger partial charge >= 0.3 is 6.18 Å². The lowest BCUT2D eigenvalue weighted by molar-refractivity contribution is -0.137. The van der Waals surface area contributed by atoms with Crippen molar-refractivity contribution in [2.24, 2.45) is 4.99 Å². The van der Waals surface area contributed by atoms with Crippen molar-refractivity contribution < 1.29 is 13.2 Å². The lowest BCUT2D eigenvalue weighted by atomic mass is 10.1. The quantitative estimate of drug-likeness (QED) is 0.642. The molecule has 7 heteroatoms. The molecular formula is C18H21F3N4. The number of alkyl halides is 3. The second kappa shape index (κ2) is 8.50. The van der Waals surface area contributed by atoms with Crippen LogP contribution in [0.15, 0.2) is 47.5 Å². The molecule has 2 rings (SSSR count). The maximum absolute atomic E-state index is 12.5. The zero-order valence-electron chi connectivity index (χ0n) is 14.2. The van der Waals surface area contributed by atoms with Crippen molar-refractivity contribution in [3.63, 3.8) is 0 Å². The van der Waals surface area contributed by atoms with Crippen molar-refractivity contribution in [2.75, 3.05) is 13.6 Å². The minimum absolute atomic E-state index is 0.543. The van der Waals surface area contributed by atoms with Crippen molar-refractivity contribution in [3.05, 3.63) is 65.0 Å². The molecule has 0 fully saturated rings. The van der Waals surface area contributed by atoms with Gasteiger partial charge in [-0.05, 0) is 43.2 Å². The van der Waals surface area contributed by atoms with Gasteiger partial charge < -0.3 is 10.6 Å². The van der Waals surface area contributed by atoms with E-state index in [0.29, 0.717) is 25.5 Å². The molecule has 0 aliphatic rings. The molecule has 1 aromatic heterocycles. The van der Waals surface area contributed by atoms with Crippen molar-refractivity contribution in [1.82, 2.24) is 15.6 Å². The summed E-state index contributed by atoms with van der Waals surface area (Å²) in [5.74, 6) is 0.621. The molecule has 0 spiro atoms. The number of nitrogens with zero attached hydrogens (tertiary/aromatic N) is 2. The summed E-state index contributed by atoms with van der Waals surface area (Å²) < 4.78 is 37.6. The van der Waals surface area contributed by atoms with Crippen LogP contribution >= 0.6 is 0 Å². The Morgan fingerprint density at radius 1 is 1.08 bits per heavy atom. The maximum Gasteiger partial charge on any atom is 0.416 e. The number of hydrogen-bond donors (Lipinski definition) is 2. The molecular weight excluding hydrogens is 329 g/mol. The molecule has 0 bridgehead atoms. The molecule has 0 aliphatic heterocycles. The van der Waals surface area contributed by atoms with Crippen molar-refractivity contribution in [1.29, 1.82) is 0 Å². The Hall–Kier alpha value is -2.57. The second-order valence-electron chi connectivity index (χ2n) is 5.57. The summed E-state index contributed by atoms with van der Waals surface area (Å²) in [6.45, 7) is 3.04. The van der Waals surface area contributed by atoms with Crippen LogP contribution in [0.4, 0.5) is 13.2 Å². The molecule has 4 nitrogen and oxygen atoms in total. The summed E-state index contributed by atoms with van der Waals surface area (Å²) in [5.41, 5.74) is 2.05. The van der Waals surface area contributed by atoms with Crippen molar-refractivity contribution >= 4 is 5.96 Å². The van der Waals surface area contributed by atoms with Gasteiger partial charge in [0.2, 0.25) is 0 Å². The van der Waals surface area contributed by atoms with Gasteiger partial charge in [0.05, 0.1) is 17.8 Å². The number of guanidine groups is 1. The van der Waals surface area contributed by atoms with Crippen molar-refractivity contribution in [2.45, 2.75) is 26.1 Å². The lowest BCUT2D eigenvalue weighted by Gasteiger charge is -2.12. The van der Waals surface area contributed by atoms with Gasteiger partial charge in [0.25, 0.3) is 0 Å². The molecule has 0 unspecified atom stereocenters. The number of rotatable bonds is 5. The SMILES string of the molecule is CN=C(NCCc1ccc(C(F)(F)F)cc1)NCc1cccc(C)n1. The summed E-state index contributed by atoms with van der Waals surface area (Å²) in [6, 6.07) is 11.0. The Bertz CT molecular complexity index is 709. The highest BCUT2D eigenvalue weighted by Crippen LogP contribution is 2.29. The van der Waals surface area contributed by atoms with Gasteiger partial charge in [0.15, 0.2) is 5.96 Å². The van der Waals surface area contributed by atoms with Crippen LogP contribution in [0.2, 0.25) is 0 Å². The summed E-state index contributed by atoms with van der Waals surface area (Å²) in [5, 5.41) is 6.29. The molecule has 2 aromatic rings. The van der Waals surface area contributed by atoms with E-state index in [4.69, 9.17) is 0 Å². The molecule has 25 heavy (non-hydrogen) atoms. The topological polar surface area (TPSA) is 49.3 Å². The molecule has 0 amide bonds. The number of aromatic nitrogens is 1. The summed E-state index contributed by atoms with van der Waals surface area (Å²) in [7, 11) is 1.66. The molecule has 1 aromatic carbocycles. The smallest absolute Gasteiger partial charge is 0.356 e. The Balaban J connectivity index is 1.79. The van der Waals surface area contributed by atoms with E-state index in [1.54, 1.807) is 7.05 Å². The van der Waals surface area contributed by atoms with Gasteiger partial charge in [0.1, 0.15) is 0 Å². The first-order chi connectivity index (χ1) is 11.9. The first-order valence-electron chi connectivity index (χ1n) is 7.91. The van der Waals surface area contributed by atoms with Crippen LogP contribution in [0.1, 0.15) is 22.5 Å². The fraction of sp³-hybridized carbons (Fsp3) is 0.333. The number of halogens is 3. The largest absolute Gasteiger partial charge is 0.416 e. The number of aliphatic imine (C=N–C) groups is 1. The number of pyridine rings is 1. The van der Waals surface area contributed by atoms with Gasteiger partial charge in [0, 0.05) is 19.3 Å². The Kier molecular flexibility index (Phi) is 6.38. The Morgan fingerprint density at radius 3 is 2.40 bits per heavy atom. The maximum atomic E-state index is 12.5. The molecule has 0 atom stereocenters. The number of benzene rings is 1. The molecule has 0 saturated heterocycles. The highest BCUT2D eigenvalue weighted by Gasteiger charge is 2.29. The molecule has 0 saturated carbocycles. The van der Waals surface area contributed by atoms with Gasteiger partial charge in [-0.1, -0.05) is 18.2 Å². The van der Waals surface area contributed by atoms with Gasteiger partial charge in [-0.15, -0.1) is 0 Å². The number of hydrogen-bond acceptors (Lipinski definition) is 2. The molecule has 134 valence electrons. The average molecular weight is 350 g/mol. The summed E-state index contributed by atoms with van der Waals surface area (Å²) in [6.07, 6.45) is -3.70. The van der Waals surface area contributed by atoms with Gasteiger partial charge in [-0.3, -0.25) is 9.98 Å². The first-order valence-corrected chi connectivity index (χ1v) is 7.91. The van der Waals surface area contributed by atoms with E-state index >= 15 is 0 Å². The third kappa shape index (κ3) is 6.10. The van der Waals surface area contributed by atoms with E-state index < -0.39 is 11.7 Å². The van der Waals surface area contributed by atoms with Gasteiger partial charge in [-0.25, -0.2) is 0 Å². The second-order valence-corrected chi connectivity index (χ2v) is 5.57. The lowest BCUT2D eigenvalue weighted by Crippen LogP contribution is -2.38. The Morgan fingerprint density at radius 2 is 1.80 bits per heavy atom. The van der Waals surface area contributed by atoms with E-state index in [2.05, 4.69) is 20.6 Å². The van der Waals surface area contributed by atoms with E-state index in [1.165, 1.54) is 12.1 Å². The molecule has 2 N–H and O–H groups in total. The first kappa shape index (κ1) is 18.8. The normalized spacial score (nSPS) is 12.1. The van der Waals surface area contributed by atoms with Crippen LogP contribution in [-0.4, -0.2) is 24.5 Å². The van der Waals surface area contributed by atoms with Crippen LogP contribution in [-0.2, 0) is 19.1 Å². The highest BCUT2D eigenvalue weighted by molar-refractivity contribution is 5.79. The third-order valence-electron chi connectivity index (χ3n) is 3.59. The number of nitrogens with one attached hydrogen (secondary N) is 2. The van der Waals surface area contributed by atoms with Crippen LogP contribution in [0.3, 0.4) is 0 Å². The highest BCUT2D eigenvalue weighted by atomic mass is 19.4. The summed E-state index contributed by atoms with van der Waals surface area (Å²) >= 11 is 0. The minimum Gasteiger partial charge on any atom is -0.356 e. The molecule has 1 heterocycles. The summed E-state index contributed by atoms with van der Waals surface area (Å²) in [4.78, 5) is 8.52. The standard InChI is InChI=1S/C18H21F3N4/c1-13-4-3-5-16(25-13)12-24-17(22-2)23-11-10-14-6-8-15(9-7-14)18(19,20)21/h3-9H,10-12H2,1-2H3,(H2,22,23,24). The molecule has 0 radical (unpaired) electrons. The van der Waals surface area contributed by atoms with E-state index in [1.807, 2.05) is 25.1 Å². The van der Waals surface area contributed by atoms with Crippen LogP contribution in [0.5, 0.6) is 0 Å². The number of aryl methyl sites for hydroxylation is 1. The fourth-order valence-electron chi connectivity index (χ4n) is 2.28. The van der Waals surface area contributed by atoms with Crippen LogP contribution in [0, 0.1) is 6.92 Å². The van der Waals surface area contributed by atoms with Gasteiger partial charge in [-0.2, -0.15) is 13.2 Å². The third-order valence-corrected chi connectivity index (χ3v) is 3.59. The average Bonchev–Trinajstić information content (AvgIpc) is 2.57. The van der Waals surface area contributed by atoms with Crippen LogP contribution in [0.25, 0.3) is 0 Å². The zero-order valence-corrected chi connectivity index (χ0v) is 14.2. The van der Waals surface area contributed by atoms with E-state index in [9.17, 15) is 13.2 Å². The Labute approximate surface area is 145 Å². The predicted molar refractivity (Wildman–Crippen MR) is 92.3 cm³/mol. The monoisotopic (exact) mass is 350 g/mol. The minimum atomic E-state index is -4.30. The predicted octanol–water partition coefficient (Wildman–Crippen LogP) is 3.32. The van der Waals surface area contributed by atoms with E-state index in [0.717, 1.165) is 29.1 Å². The van der Waals surface area contributed by atoms with Crippen LogP contribution < -0.4 is 10.6 Å². The van der Waals surface area contributed by atoms with Crippen molar-refractivity contribution in [3.8, 4) is 0 Å². The van der Waals surface area contributed by atoms with E-state index in [-0.39, 0.29) is 0 Å². The zero-order chi connectivity index (χ0) is 18.3.